The lowest BCUT2D eigenvalue weighted by Gasteiger charge is -2.09. The van der Waals surface area contributed by atoms with Gasteiger partial charge in [-0.1, -0.05) is 0 Å². The molecule has 0 aromatic carbocycles. The molecular formula is C6H7N2S. The van der Waals surface area contributed by atoms with Crippen molar-refractivity contribution in [2.45, 2.75) is 13.0 Å². The summed E-state index contributed by atoms with van der Waals surface area (Å²) in [6.45, 7) is 2.06. The maximum Gasteiger partial charge on any atom is 0.109 e. The van der Waals surface area contributed by atoms with E-state index < -0.39 is 0 Å². The summed E-state index contributed by atoms with van der Waals surface area (Å²) in [5, 5.41) is 3.26. The van der Waals surface area contributed by atoms with Crippen LogP contribution in [0.4, 0.5) is 0 Å². The van der Waals surface area contributed by atoms with E-state index in [4.69, 9.17) is 0 Å². The predicted molar refractivity (Wildman–Crippen MR) is 36.4 cm³/mol. The quantitative estimate of drug-likeness (QED) is 0.569. The summed E-state index contributed by atoms with van der Waals surface area (Å²) in [6.07, 6.45) is 4.10. The molecule has 0 fully saturated rings. The fourth-order valence-corrected chi connectivity index (χ4v) is 1.69. The predicted octanol–water partition coefficient (Wildman–Crippen LogP) is 0.589. The van der Waals surface area contributed by atoms with Crippen LogP contribution in [0.3, 0.4) is 0 Å². The molecule has 47 valence electrons. The van der Waals surface area contributed by atoms with Crippen LogP contribution >= 0.6 is 11.5 Å². The lowest BCUT2D eigenvalue weighted by molar-refractivity contribution is 0.651. The zero-order valence-electron chi connectivity index (χ0n) is 4.98. The van der Waals surface area contributed by atoms with Crippen molar-refractivity contribution in [2.24, 2.45) is 0 Å². The molecule has 0 aliphatic carbocycles. The highest BCUT2D eigenvalue weighted by Gasteiger charge is 2.09. The summed E-state index contributed by atoms with van der Waals surface area (Å²) >= 11 is 1.58. The molecule has 1 aliphatic heterocycles. The average Bonchev–Trinajstić information content (AvgIpc) is 2.33. The first-order valence-electron chi connectivity index (χ1n) is 3.02. The lowest BCUT2D eigenvalue weighted by atomic mass is 10.2. The summed E-state index contributed by atoms with van der Waals surface area (Å²) in [7, 11) is 0. The normalized spacial score (nSPS) is 17.3. The summed E-state index contributed by atoms with van der Waals surface area (Å²) in [6, 6.07) is 0. The molecule has 9 heavy (non-hydrogen) atoms. The Morgan fingerprint density at radius 3 is 3.56 bits per heavy atom. The highest BCUT2D eigenvalue weighted by atomic mass is 32.1. The largest absolute Gasteiger partial charge is 0.312 e. The van der Waals surface area contributed by atoms with Crippen molar-refractivity contribution in [1.82, 2.24) is 9.69 Å². The van der Waals surface area contributed by atoms with Gasteiger partial charge in [0.1, 0.15) is 6.20 Å². The van der Waals surface area contributed by atoms with Crippen LogP contribution in [-0.4, -0.2) is 10.9 Å². The van der Waals surface area contributed by atoms with Gasteiger partial charge < -0.3 is 5.32 Å². The van der Waals surface area contributed by atoms with Crippen LogP contribution < -0.4 is 5.32 Å². The van der Waals surface area contributed by atoms with Gasteiger partial charge in [0.25, 0.3) is 0 Å². The SMILES string of the molecule is [c]1nsc2c1CNCC2. The molecule has 0 saturated carbocycles. The van der Waals surface area contributed by atoms with Crippen molar-refractivity contribution in [1.29, 1.82) is 0 Å². The smallest absolute Gasteiger partial charge is 0.109 e. The minimum Gasteiger partial charge on any atom is -0.312 e. The molecule has 0 spiro atoms. The topological polar surface area (TPSA) is 24.9 Å². The zero-order chi connectivity index (χ0) is 6.10. The molecule has 0 unspecified atom stereocenters. The molecule has 1 aromatic rings. The fourth-order valence-electron chi connectivity index (χ4n) is 1.00. The number of fused-ring (bicyclic) bond motifs is 1. The minimum atomic E-state index is 0.964. The second kappa shape index (κ2) is 2.08. The van der Waals surface area contributed by atoms with Gasteiger partial charge in [-0.05, 0) is 18.0 Å². The Morgan fingerprint density at radius 2 is 2.67 bits per heavy atom. The number of hydrogen-bond donors (Lipinski definition) is 1. The number of rotatable bonds is 0. The maximum absolute atomic E-state index is 3.98. The molecule has 0 bridgehead atoms. The Bertz CT molecular complexity index is 186. The van der Waals surface area contributed by atoms with Crippen molar-refractivity contribution in [3.63, 3.8) is 0 Å². The monoisotopic (exact) mass is 139 g/mol. The highest BCUT2D eigenvalue weighted by molar-refractivity contribution is 7.05. The van der Waals surface area contributed by atoms with Gasteiger partial charge in [-0.2, -0.15) is 4.37 Å². The summed E-state index contributed by atoms with van der Waals surface area (Å²) in [4.78, 5) is 1.41. The molecule has 0 atom stereocenters. The molecule has 2 rings (SSSR count). The van der Waals surface area contributed by atoms with Gasteiger partial charge in [0, 0.05) is 23.5 Å². The summed E-state index contributed by atoms with van der Waals surface area (Å²) < 4.78 is 3.98. The van der Waals surface area contributed by atoms with Crippen molar-refractivity contribution < 1.29 is 0 Å². The van der Waals surface area contributed by atoms with Crippen LogP contribution in [0.15, 0.2) is 0 Å². The van der Waals surface area contributed by atoms with E-state index >= 15 is 0 Å². The van der Waals surface area contributed by atoms with Gasteiger partial charge >= 0.3 is 0 Å². The number of nitrogens with zero attached hydrogens (tertiary/aromatic N) is 1. The van der Waals surface area contributed by atoms with E-state index in [0.29, 0.717) is 0 Å². The van der Waals surface area contributed by atoms with Crippen molar-refractivity contribution >= 4 is 11.5 Å². The minimum absolute atomic E-state index is 0.964. The van der Waals surface area contributed by atoms with Crippen LogP contribution in [0.2, 0.25) is 0 Å². The Hall–Kier alpha value is -0.410. The van der Waals surface area contributed by atoms with Crippen molar-refractivity contribution in [3.05, 3.63) is 16.6 Å². The molecule has 0 amide bonds. The van der Waals surface area contributed by atoms with Crippen molar-refractivity contribution in [2.75, 3.05) is 6.54 Å². The molecular weight excluding hydrogens is 132 g/mol. The number of nitrogens with one attached hydrogen (secondary N) is 1. The lowest BCUT2D eigenvalue weighted by Crippen LogP contribution is -2.21. The number of hydrogen-bond acceptors (Lipinski definition) is 3. The van der Waals surface area contributed by atoms with Gasteiger partial charge in [-0.3, -0.25) is 0 Å². The summed E-state index contributed by atoms with van der Waals surface area (Å²) in [5.74, 6) is 0. The number of aromatic nitrogens is 1. The first-order chi connectivity index (χ1) is 4.47. The van der Waals surface area contributed by atoms with Gasteiger partial charge in [-0.25, -0.2) is 0 Å². The third kappa shape index (κ3) is 0.862. The standard InChI is InChI=1S/C6H7N2S/c1-2-7-3-5-4-8-9-6(1)5/h7H,1-3H2. The van der Waals surface area contributed by atoms with Crippen LogP contribution in [0.25, 0.3) is 0 Å². The van der Waals surface area contributed by atoms with E-state index in [1.165, 1.54) is 10.4 Å². The van der Waals surface area contributed by atoms with Crippen LogP contribution in [-0.2, 0) is 13.0 Å². The van der Waals surface area contributed by atoms with E-state index in [0.717, 1.165) is 19.5 Å². The van der Waals surface area contributed by atoms with Crippen LogP contribution in [0.5, 0.6) is 0 Å². The second-order valence-corrected chi connectivity index (χ2v) is 2.98. The molecule has 1 aliphatic rings. The van der Waals surface area contributed by atoms with Gasteiger partial charge in [0.05, 0.1) is 0 Å². The first kappa shape index (κ1) is 5.38. The first-order valence-corrected chi connectivity index (χ1v) is 3.80. The Morgan fingerprint density at radius 1 is 1.67 bits per heavy atom. The van der Waals surface area contributed by atoms with Gasteiger partial charge in [0.2, 0.25) is 0 Å². The van der Waals surface area contributed by atoms with Crippen molar-refractivity contribution in [3.8, 4) is 0 Å². The molecule has 1 N–H and O–H groups in total. The molecule has 0 saturated heterocycles. The Balaban J connectivity index is 2.39. The van der Waals surface area contributed by atoms with E-state index in [1.54, 1.807) is 11.5 Å². The average molecular weight is 139 g/mol. The molecule has 1 radical (unpaired) electrons. The van der Waals surface area contributed by atoms with Crippen LogP contribution in [0, 0.1) is 6.20 Å². The fraction of sp³-hybridized carbons (Fsp3) is 0.500. The van der Waals surface area contributed by atoms with Crippen LogP contribution in [0.1, 0.15) is 10.4 Å². The van der Waals surface area contributed by atoms with E-state index in [9.17, 15) is 0 Å². The molecule has 1 aromatic heterocycles. The molecule has 3 heteroatoms. The molecule has 2 nitrogen and oxygen atoms in total. The second-order valence-electron chi connectivity index (χ2n) is 2.12. The highest BCUT2D eigenvalue weighted by Crippen LogP contribution is 2.15. The van der Waals surface area contributed by atoms with Gasteiger partial charge in [-0.15, -0.1) is 0 Å². The van der Waals surface area contributed by atoms with E-state index in [1.807, 2.05) is 0 Å². The van der Waals surface area contributed by atoms with Gasteiger partial charge in [0.15, 0.2) is 0 Å². The summed E-state index contributed by atoms with van der Waals surface area (Å²) in [5.41, 5.74) is 1.27. The zero-order valence-corrected chi connectivity index (χ0v) is 5.79. The Kier molecular flexibility index (Phi) is 1.24. The Labute approximate surface area is 58.1 Å². The third-order valence-electron chi connectivity index (χ3n) is 1.50. The third-order valence-corrected chi connectivity index (χ3v) is 2.36. The van der Waals surface area contributed by atoms with E-state index in [-0.39, 0.29) is 0 Å². The maximum atomic E-state index is 3.98. The van der Waals surface area contributed by atoms with E-state index in [2.05, 4.69) is 15.9 Å². The molecule has 2 heterocycles.